The number of rotatable bonds is 5. The number of benzene rings is 3. The lowest BCUT2D eigenvalue weighted by Crippen LogP contribution is -2.15. The Bertz CT molecular complexity index is 1260. The molecule has 1 unspecified atom stereocenters. The fraction of sp³-hybridized carbons (Fsp3) is 0.148. The molecule has 7 heteroatoms. The van der Waals surface area contributed by atoms with E-state index in [2.05, 4.69) is 94.7 Å². The molecule has 1 aliphatic carbocycles. The lowest BCUT2D eigenvalue weighted by Gasteiger charge is -2.27. The maximum Gasteiger partial charge on any atom is 0.290 e. The molecule has 0 saturated heterocycles. The van der Waals surface area contributed by atoms with Crippen molar-refractivity contribution in [2.75, 3.05) is 17.1 Å². The lowest BCUT2D eigenvalue weighted by atomic mass is 9.78. The van der Waals surface area contributed by atoms with Crippen molar-refractivity contribution in [2.24, 2.45) is 0 Å². The van der Waals surface area contributed by atoms with E-state index < -0.39 is 0 Å². The Morgan fingerprint density at radius 3 is 2.44 bits per heavy atom. The summed E-state index contributed by atoms with van der Waals surface area (Å²) in [5, 5.41) is 9.94. The second kappa shape index (κ2) is 10.9. The molecule has 3 aromatic carbocycles. The average molecular weight is 471 g/mol. The molecule has 0 amide bonds. The van der Waals surface area contributed by atoms with Crippen molar-refractivity contribution in [1.82, 2.24) is 9.97 Å². The fourth-order valence-electron chi connectivity index (χ4n) is 4.06. The van der Waals surface area contributed by atoms with Crippen molar-refractivity contribution in [3.63, 3.8) is 0 Å². The summed E-state index contributed by atoms with van der Waals surface area (Å²) in [6, 6.07) is 25.9. The molecule has 1 aromatic heterocycles. The predicted molar refractivity (Wildman–Crippen MR) is 138 cm³/mol. The van der Waals surface area contributed by atoms with Gasteiger partial charge in [0.2, 0.25) is 5.95 Å². The smallest absolute Gasteiger partial charge is 0.290 e. The van der Waals surface area contributed by atoms with Gasteiger partial charge < -0.3 is 15.1 Å². The normalized spacial score (nSPS) is 13.5. The Hall–Kier alpha value is -3.84. The van der Waals surface area contributed by atoms with Crippen LogP contribution in [0.4, 0.5) is 11.6 Å². The highest BCUT2D eigenvalue weighted by Crippen LogP contribution is 2.42. The molecule has 34 heavy (non-hydrogen) atoms. The van der Waals surface area contributed by atoms with Crippen LogP contribution < -0.4 is 10.0 Å². The first-order chi connectivity index (χ1) is 16.6. The van der Waals surface area contributed by atoms with Crippen LogP contribution in [-0.2, 0) is 11.2 Å². The van der Waals surface area contributed by atoms with Gasteiger partial charge in [-0.1, -0.05) is 54.1 Å². The van der Waals surface area contributed by atoms with Gasteiger partial charge in [0.1, 0.15) is 0 Å². The van der Waals surface area contributed by atoms with Crippen LogP contribution >= 0.6 is 11.9 Å². The molecule has 4 aromatic rings. The Kier molecular flexibility index (Phi) is 7.44. The van der Waals surface area contributed by atoms with Gasteiger partial charge in [0, 0.05) is 35.3 Å². The van der Waals surface area contributed by atoms with Gasteiger partial charge in [-0.2, -0.15) is 0 Å². The number of hydrogen-bond acceptors (Lipinski definition) is 6. The number of carboxylic acid groups (broad SMARTS) is 1. The van der Waals surface area contributed by atoms with Gasteiger partial charge >= 0.3 is 0 Å². The summed E-state index contributed by atoms with van der Waals surface area (Å²) in [6.45, 7) is 1.86. The molecule has 0 radical (unpaired) electrons. The van der Waals surface area contributed by atoms with E-state index in [1.807, 2.05) is 13.2 Å². The molecule has 0 aliphatic heterocycles. The molecule has 5 rings (SSSR count). The zero-order valence-electron chi connectivity index (χ0n) is 19.0. The van der Waals surface area contributed by atoms with Gasteiger partial charge in [0.15, 0.2) is 0 Å². The standard InChI is InChI=1S/C26H24N4S.CH2O2/c1-17-7-13-21(14-8-17)31-30-20-11-9-18(10-12-20)24-15-19-16-28-26(27-2)29-25(19)23-6-4-3-5-22(23)24;2-1-3/h3-14,16,24,30H,15H2,1-2H3,(H,27,28,29);1H,(H,2,3). The summed E-state index contributed by atoms with van der Waals surface area (Å²) < 4.78 is 3.45. The molecule has 0 spiro atoms. The van der Waals surface area contributed by atoms with Crippen LogP contribution in [0.5, 0.6) is 0 Å². The minimum Gasteiger partial charge on any atom is -0.483 e. The minimum absolute atomic E-state index is 0.250. The molecule has 0 saturated carbocycles. The summed E-state index contributed by atoms with van der Waals surface area (Å²) in [7, 11) is 1.85. The number of anilines is 2. The Morgan fingerprint density at radius 1 is 1.03 bits per heavy atom. The Balaban J connectivity index is 0.000000868. The van der Waals surface area contributed by atoms with Gasteiger partial charge in [-0.25, -0.2) is 9.97 Å². The number of aryl methyl sites for hydroxylation is 1. The highest BCUT2D eigenvalue weighted by atomic mass is 32.2. The molecule has 1 atom stereocenters. The molecule has 0 bridgehead atoms. The van der Waals surface area contributed by atoms with Gasteiger partial charge in [0.25, 0.3) is 6.47 Å². The van der Waals surface area contributed by atoms with Crippen molar-refractivity contribution in [2.45, 2.75) is 24.2 Å². The van der Waals surface area contributed by atoms with E-state index in [9.17, 15) is 0 Å². The molecule has 172 valence electrons. The SMILES string of the molecule is CNc1ncc2c(n1)-c1ccccc1C(c1ccc(NSc3ccc(C)cc3)cc1)C2.O=CO. The minimum atomic E-state index is -0.250. The van der Waals surface area contributed by atoms with Crippen LogP contribution in [0.2, 0.25) is 0 Å². The van der Waals surface area contributed by atoms with E-state index in [0.29, 0.717) is 11.9 Å². The number of nitrogens with one attached hydrogen (secondary N) is 2. The van der Waals surface area contributed by atoms with Crippen LogP contribution in [0, 0.1) is 6.92 Å². The predicted octanol–water partition coefficient (Wildman–Crippen LogP) is 6.00. The van der Waals surface area contributed by atoms with Crippen LogP contribution in [0.1, 0.15) is 28.2 Å². The Morgan fingerprint density at radius 2 is 1.74 bits per heavy atom. The third-order valence-corrected chi connectivity index (χ3v) is 6.57. The number of nitrogens with zero attached hydrogens (tertiary/aromatic N) is 2. The van der Waals surface area contributed by atoms with Crippen molar-refractivity contribution in [1.29, 1.82) is 0 Å². The summed E-state index contributed by atoms with van der Waals surface area (Å²) in [5.74, 6) is 0.958. The van der Waals surface area contributed by atoms with Crippen molar-refractivity contribution in [3.05, 3.63) is 101 Å². The molecule has 1 aliphatic rings. The first-order valence-electron chi connectivity index (χ1n) is 10.9. The van der Waals surface area contributed by atoms with E-state index in [4.69, 9.17) is 14.9 Å². The zero-order valence-corrected chi connectivity index (χ0v) is 19.8. The zero-order chi connectivity index (χ0) is 23.9. The van der Waals surface area contributed by atoms with Crippen molar-refractivity contribution >= 4 is 30.1 Å². The second-order valence-corrected chi connectivity index (χ2v) is 8.79. The summed E-state index contributed by atoms with van der Waals surface area (Å²) >= 11 is 1.63. The Labute approximate surface area is 203 Å². The van der Waals surface area contributed by atoms with E-state index in [1.54, 1.807) is 11.9 Å². The monoisotopic (exact) mass is 470 g/mol. The van der Waals surface area contributed by atoms with Gasteiger partial charge in [-0.05, 0) is 66.2 Å². The van der Waals surface area contributed by atoms with E-state index in [1.165, 1.54) is 32.7 Å². The quantitative estimate of drug-likeness (QED) is 0.243. The molecular weight excluding hydrogens is 444 g/mol. The summed E-state index contributed by atoms with van der Waals surface area (Å²) in [4.78, 5) is 18.8. The van der Waals surface area contributed by atoms with E-state index >= 15 is 0 Å². The molecule has 0 fully saturated rings. The first kappa shape index (κ1) is 23.3. The lowest BCUT2D eigenvalue weighted by molar-refractivity contribution is -0.122. The van der Waals surface area contributed by atoms with Gasteiger partial charge in [-0.15, -0.1) is 0 Å². The highest BCUT2D eigenvalue weighted by Gasteiger charge is 2.27. The fourth-order valence-corrected chi connectivity index (χ4v) is 4.71. The van der Waals surface area contributed by atoms with Gasteiger partial charge in [0.05, 0.1) is 5.69 Å². The van der Waals surface area contributed by atoms with Crippen LogP contribution in [-0.4, -0.2) is 28.6 Å². The highest BCUT2D eigenvalue weighted by molar-refractivity contribution is 8.00. The molecule has 6 nitrogen and oxygen atoms in total. The van der Waals surface area contributed by atoms with E-state index in [0.717, 1.165) is 17.8 Å². The summed E-state index contributed by atoms with van der Waals surface area (Å²) in [6.07, 6.45) is 2.87. The van der Waals surface area contributed by atoms with Crippen LogP contribution in [0.15, 0.2) is 83.9 Å². The number of carbonyl (C=O) groups is 1. The van der Waals surface area contributed by atoms with Crippen LogP contribution in [0.25, 0.3) is 11.3 Å². The number of aromatic nitrogens is 2. The van der Waals surface area contributed by atoms with Crippen LogP contribution in [0.3, 0.4) is 0 Å². The summed E-state index contributed by atoms with van der Waals surface area (Å²) in [5.41, 5.74) is 8.44. The average Bonchev–Trinajstić information content (AvgIpc) is 2.88. The molecule has 1 heterocycles. The van der Waals surface area contributed by atoms with Gasteiger partial charge in [-0.3, -0.25) is 4.79 Å². The van der Waals surface area contributed by atoms with Crippen molar-refractivity contribution in [3.8, 4) is 11.3 Å². The molecular formula is C27H26N4O2S. The maximum absolute atomic E-state index is 8.36. The topological polar surface area (TPSA) is 87.1 Å². The second-order valence-electron chi connectivity index (χ2n) is 7.91. The third kappa shape index (κ3) is 5.21. The first-order valence-corrected chi connectivity index (χ1v) is 11.7. The van der Waals surface area contributed by atoms with E-state index in [-0.39, 0.29) is 6.47 Å². The number of hydrogen-bond donors (Lipinski definition) is 3. The largest absolute Gasteiger partial charge is 0.483 e. The van der Waals surface area contributed by atoms with Crippen molar-refractivity contribution < 1.29 is 9.90 Å². The third-order valence-electron chi connectivity index (χ3n) is 5.72. The number of fused-ring (bicyclic) bond motifs is 3. The molecule has 3 N–H and O–H groups in total. The maximum atomic E-state index is 8.36.